The highest BCUT2D eigenvalue weighted by molar-refractivity contribution is 7.19. The van der Waals surface area contributed by atoms with Gasteiger partial charge in [0.25, 0.3) is 0 Å². The van der Waals surface area contributed by atoms with Crippen molar-refractivity contribution >= 4 is 39.2 Å². The van der Waals surface area contributed by atoms with Crippen LogP contribution in [0.15, 0.2) is 48.5 Å². The molecule has 0 saturated carbocycles. The lowest BCUT2D eigenvalue weighted by Crippen LogP contribution is -2.09. The molecule has 3 nitrogen and oxygen atoms in total. The number of anilines is 1. The molecule has 0 saturated heterocycles. The molecule has 1 amide bonds. The number of thiazole rings is 1. The highest BCUT2D eigenvalue weighted by atomic mass is 32.1. The van der Waals surface area contributed by atoms with Gasteiger partial charge in [0.15, 0.2) is 0 Å². The van der Waals surface area contributed by atoms with Crippen LogP contribution in [0.5, 0.6) is 0 Å². The zero-order valence-corrected chi connectivity index (χ0v) is 12.7. The van der Waals surface area contributed by atoms with E-state index in [2.05, 4.69) is 10.3 Å². The monoisotopic (exact) mass is 312 g/mol. The van der Waals surface area contributed by atoms with Gasteiger partial charge in [-0.3, -0.25) is 4.79 Å². The molecule has 0 spiro atoms. The summed E-state index contributed by atoms with van der Waals surface area (Å²) in [6.45, 7) is 1.84. The van der Waals surface area contributed by atoms with Crippen molar-refractivity contribution in [3.05, 3.63) is 64.9 Å². The molecule has 0 bridgehead atoms. The molecule has 2 aromatic carbocycles. The molecule has 22 heavy (non-hydrogen) atoms. The highest BCUT2D eigenvalue weighted by Gasteiger charge is 2.05. The fraction of sp³-hybridized carbons (Fsp3) is 0.0588. The van der Waals surface area contributed by atoms with Crippen LogP contribution in [-0.2, 0) is 4.79 Å². The third-order valence-corrected chi connectivity index (χ3v) is 4.07. The van der Waals surface area contributed by atoms with Gasteiger partial charge in [-0.15, -0.1) is 11.3 Å². The molecule has 0 fully saturated rings. The number of para-hydroxylation sites is 1. The lowest BCUT2D eigenvalue weighted by atomic mass is 10.2. The molecule has 1 heterocycles. The zero-order chi connectivity index (χ0) is 15.5. The van der Waals surface area contributed by atoms with Gasteiger partial charge in [-0.25, -0.2) is 9.37 Å². The smallest absolute Gasteiger partial charge is 0.248 e. The maximum Gasteiger partial charge on any atom is 0.248 e. The number of rotatable bonds is 3. The Morgan fingerprint density at radius 1 is 1.27 bits per heavy atom. The van der Waals surface area contributed by atoms with Crippen molar-refractivity contribution in [2.75, 3.05) is 5.32 Å². The van der Waals surface area contributed by atoms with E-state index in [1.807, 2.05) is 31.2 Å². The Bertz CT molecular complexity index is 837. The molecule has 0 radical (unpaired) electrons. The molecule has 3 rings (SSSR count). The second kappa shape index (κ2) is 6.07. The van der Waals surface area contributed by atoms with Crippen LogP contribution < -0.4 is 5.32 Å². The molecule has 1 aromatic heterocycles. The van der Waals surface area contributed by atoms with Gasteiger partial charge >= 0.3 is 0 Å². The standard InChI is InChI=1S/C17H13FN2OS/c1-11-6-7-12(18)14(10-11)19-16(21)8-9-17-20-13-4-2-3-5-15(13)22-17/h2-10H,1H3,(H,19,21). The van der Waals surface area contributed by atoms with E-state index in [1.54, 1.807) is 18.2 Å². The topological polar surface area (TPSA) is 42.0 Å². The largest absolute Gasteiger partial charge is 0.320 e. The van der Waals surface area contributed by atoms with Crippen LogP contribution in [0.2, 0.25) is 0 Å². The van der Waals surface area contributed by atoms with E-state index < -0.39 is 5.82 Å². The van der Waals surface area contributed by atoms with Crippen molar-refractivity contribution in [3.63, 3.8) is 0 Å². The van der Waals surface area contributed by atoms with E-state index in [4.69, 9.17) is 0 Å². The minimum Gasteiger partial charge on any atom is -0.320 e. The van der Waals surface area contributed by atoms with Gasteiger partial charge in [0, 0.05) is 6.08 Å². The van der Waals surface area contributed by atoms with E-state index in [-0.39, 0.29) is 11.6 Å². The highest BCUT2D eigenvalue weighted by Crippen LogP contribution is 2.22. The van der Waals surface area contributed by atoms with Crippen LogP contribution in [0.3, 0.4) is 0 Å². The summed E-state index contributed by atoms with van der Waals surface area (Å²) in [4.78, 5) is 16.3. The molecule has 0 aliphatic rings. The number of aryl methyl sites for hydroxylation is 1. The van der Waals surface area contributed by atoms with Gasteiger partial charge in [-0.2, -0.15) is 0 Å². The van der Waals surface area contributed by atoms with Crippen molar-refractivity contribution in [1.29, 1.82) is 0 Å². The summed E-state index contributed by atoms with van der Waals surface area (Å²) in [5.74, 6) is -0.837. The molecule has 1 N–H and O–H groups in total. The molecule has 110 valence electrons. The van der Waals surface area contributed by atoms with Crippen molar-refractivity contribution in [1.82, 2.24) is 4.98 Å². The van der Waals surface area contributed by atoms with Gasteiger partial charge in [0.05, 0.1) is 15.9 Å². The van der Waals surface area contributed by atoms with Gasteiger partial charge in [0.1, 0.15) is 10.8 Å². The predicted molar refractivity (Wildman–Crippen MR) is 88.4 cm³/mol. The molecule has 0 atom stereocenters. The van der Waals surface area contributed by atoms with E-state index in [0.717, 1.165) is 20.8 Å². The number of nitrogens with one attached hydrogen (secondary N) is 1. The Labute approximate surface area is 131 Å². The Morgan fingerprint density at radius 2 is 2.09 bits per heavy atom. The third-order valence-electron chi connectivity index (χ3n) is 3.07. The number of carbonyl (C=O) groups excluding carboxylic acids is 1. The third kappa shape index (κ3) is 3.20. The summed E-state index contributed by atoms with van der Waals surface area (Å²) in [7, 11) is 0. The number of hydrogen-bond acceptors (Lipinski definition) is 3. The van der Waals surface area contributed by atoms with E-state index in [9.17, 15) is 9.18 Å². The molecular formula is C17H13FN2OS. The van der Waals surface area contributed by atoms with Crippen LogP contribution in [-0.4, -0.2) is 10.9 Å². The summed E-state index contributed by atoms with van der Waals surface area (Å²) in [5, 5.41) is 3.27. The minimum atomic E-state index is -0.452. The van der Waals surface area contributed by atoms with E-state index >= 15 is 0 Å². The average Bonchev–Trinajstić information content (AvgIpc) is 2.92. The van der Waals surface area contributed by atoms with Crippen molar-refractivity contribution in [3.8, 4) is 0 Å². The first-order valence-electron chi connectivity index (χ1n) is 6.72. The maximum atomic E-state index is 13.6. The molecule has 0 aliphatic carbocycles. The number of benzene rings is 2. The van der Waals surface area contributed by atoms with Crippen molar-refractivity contribution in [2.24, 2.45) is 0 Å². The molecule has 3 aromatic rings. The predicted octanol–water partition coefficient (Wildman–Crippen LogP) is 4.40. The van der Waals surface area contributed by atoms with E-state index in [1.165, 1.54) is 23.5 Å². The molecule has 5 heteroatoms. The molecular weight excluding hydrogens is 299 g/mol. The molecule has 0 unspecified atom stereocenters. The number of fused-ring (bicyclic) bond motifs is 1. The fourth-order valence-corrected chi connectivity index (χ4v) is 2.89. The van der Waals surface area contributed by atoms with Crippen LogP contribution in [0.4, 0.5) is 10.1 Å². The van der Waals surface area contributed by atoms with Crippen molar-refractivity contribution in [2.45, 2.75) is 6.92 Å². The Balaban J connectivity index is 1.74. The normalized spacial score (nSPS) is 11.2. The van der Waals surface area contributed by atoms with Crippen LogP contribution in [0.25, 0.3) is 16.3 Å². The summed E-state index contributed by atoms with van der Waals surface area (Å²) in [6.07, 6.45) is 2.99. The lowest BCUT2D eigenvalue weighted by Gasteiger charge is -2.04. The number of aromatic nitrogens is 1. The molecule has 0 aliphatic heterocycles. The Kier molecular flexibility index (Phi) is 3.98. The fourth-order valence-electron chi connectivity index (χ4n) is 2.02. The average molecular weight is 312 g/mol. The van der Waals surface area contributed by atoms with Gasteiger partial charge in [-0.05, 0) is 42.8 Å². The van der Waals surface area contributed by atoms with Gasteiger partial charge in [-0.1, -0.05) is 18.2 Å². The van der Waals surface area contributed by atoms with Gasteiger partial charge < -0.3 is 5.32 Å². The quantitative estimate of drug-likeness (QED) is 0.729. The summed E-state index contributed by atoms with van der Waals surface area (Å²) in [6, 6.07) is 12.4. The number of hydrogen-bond donors (Lipinski definition) is 1. The number of halogens is 1. The number of amides is 1. The lowest BCUT2D eigenvalue weighted by molar-refractivity contribution is -0.111. The number of nitrogens with zero attached hydrogens (tertiary/aromatic N) is 1. The minimum absolute atomic E-state index is 0.180. The van der Waals surface area contributed by atoms with Crippen LogP contribution in [0, 0.1) is 12.7 Å². The zero-order valence-electron chi connectivity index (χ0n) is 11.8. The Hall–Kier alpha value is -2.53. The first kappa shape index (κ1) is 14.4. The van der Waals surface area contributed by atoms with E-state index in [0.29, 0.717) is 0 Å². The van der Waals surface area contributed by atoms with Crippen LogP contribution >= 0.6 is 11.3 Å². The SMILES string of the molecule is Cc1ccc(F)c(NC(=O)C=Cc2nc3ccccc3s2)c1. The van der Waals surface area contributed by atoms with Crippen LogP contribution in [0.1, 0.15) is 10.6 Å². The second-order valence-electron chi connectivity index (χ2n) is 4.83. The number of carbonyl (C=O) groups is 1. The maximum absolute atomic E-state index is 13.6. The van der Waals surface area contributed by atoms with Crippen molar-refractivity contribution < 1.29 is 9.18 Å². The summed E-state index contributed by atoms with van der Waals surface area (Å²) >= 11 is 1.50. The first-order valence-corrected chi connectivity index (χ1v) is 7.54. The summed E-state index contributed by atoms with van der Waals surface area (Å²) in [5.41, 5.74) is 1.96. The summed E-state index contributed by atoms with van der Waals surface area (Å²) < 4.78 is 14.6. The second-order valence-corrected chi connectivity index (χ2v) is 5.89. The Morgan fingerprint density at radius 3 is 2.91 bits per heavy atom. The first-order chi connectivity index (χ1) is 10.6. The van der Waals surface area contributed by atoms with Gasteiger partial charge in [0.2, 0.25) is 5.91 Å².